The van der Waals surface area contributed by atoms with Crippen LogP contribution < -0.4 is 10.1 Å². The van der Waals surface area contributed by atoms with Crippen molar-refractivity contribution in [3.05, 3.63) is 64.7 Å². The molecule has 2 amide bonds. The Hall–Kier alpha value is -2.53. The van der Waals surface area contributed by atoms with E-state index in [1.807, 2.05) is 36.4 Å². The number of carbonyl (C=O) groups is 2. The van der Waals surface area contributed by atoms with Gasteiger partial charge in [-0.2, -0.15) is 0 Å². The molecule has 0 heterocycles. The van der Waals surface area contributed by atoms with Gasteiger partial charge in [0.2, 0.25) is 11.8 Å². The fraction of sp³-hybridized carbons (Fsp3) is 0.440. The molecule has 2 aromatic carbocycles. The molecule has 0 unspecified atom stereocenters. The van der Waals surface area contributed by atoms with Crippen LogP contribution in [0.4, 0.5) is 0 Å². The number of amides is 2. The van der Waals surface area contributed by atoms with E-state index < -0.39 is 6.04 Å². The third-order valence-corrected chi connectivity index (χ3v) is 6.15. The zero-order valence-electron chi connectivity index (χ0n) is 18.3. The largest absolute Gasteiger partial charge is 0.497 e. The average Bonchev–Trinajstić information content (AvgIpc) is 2.79. The van der Waals surface area contributed by atoms with Gasteiger partial charge in [0.15, 0.2) is 0 Å². The molecule has 0 radical (unpaired) electrons. The van der Waals surface area contributed by atoms with Gasteiger partial charge in [-0.3, -0.25) is 9.59 Å². The van der Waals surface area contributed by atoms with Gasteiger partial charge in [0.1, 0.15) is 11.8 Å². The van der Waals surface area contributed by atoms with E-state index in [0.29, 0.717) is 11.6 Å². The van der Waals surface area contributed by atoms with Crippen molar-refractivity contribution in [3.63, 3.8) is 0 Å². The molecule has 31 heavy (non-hydrogen) atoms. The molecule has 1 aliphatic carbocycles. The van der Waals surface area contributed by atoms with Crippen molar-refractivity contribution < 1.29 is 14.3 Å². The van der Waals surface area contributed by atoms with Gasteiger partial charge in [-0.15, -0.1) is 0 Å². The first-order chi connectivity index (χ1) is 15.0. The lowest BCUT2D eigenvalue weighted by atomic mass is 9.95. The molecule has 2 aromatic rings. The van der Waals surface area contributed by atoms with E-state index in [1.54, 1.807) is 31.1 Å². The summed E-state index contributed by atoms with van der Waals surface area (Å²) in [5, 5.41) is 3.80. The van der Waals surface area contributed by atoms with Crippen molar-refractivity contribution in [2.75, 3.05) is 7.11 Å². The van der Waals surface area contributed by atoms with Gasteiger partial charge < -0.3 is 15.0 Å². The van der Waals surface area contributed by atoms with Gasteiger partial charge in [0.05, 0.1) is 13.5 Å². The first kappa shape index (κ1) is 23.1. The number of hydrogen-bond acceptors (Lipinski definition) is 3. The van der Waals surface area contributed by atoms with E-state index >= 15 is 0 Å². The van der Waals surface area contributed by atoms with E-state index in [-0.39, 0.29) is 24.3 Å². The topological polar surface area (TPSA) is 58.6 Å². The van der Waals surface area contributed by atoms with E-state index in [2.05, 4.69) is 5.32 Å². The predicted molar refractivity (Wildman–Crippen MR) is 123 cm³/mol. The molecule has 1 saturated carbocycles. The summed E-state index contributed by atoms with van der Waals surface area (Å²) in [5.41, 5.74) is 1.82. The molecular formula is C25H31ClN2O3. The molecule has 1 aliphatic rings. The Bertz CT molecular complexity index is 861. The Kier molecular flexibility index (Phi) is 8.35. The van der Waals surface area contributed by atoms with E-state index in [9.17, 15) is 9.59 Å². The SMILES string of the molecule is COc1ccc(CC(=O)N(Cc2ccc(Cl)cc2)[C@@H](C)C(=O)NC2CCCCC2)cc1. The van der Waals surface area contributed by atoms with E-state index in [4.69, 9.17) is 16.3 Å². The Morgan fingerprint density at radius 1 is 1.03 bits per heavy atom. The second-order valence-corrected chi connectivity index (χ2v) is 8.63. The molecule has 0 saturated heterocycles. The highest BCUT2D eigenvalue weighted by molar-refractivity contribution is 6.30. The molecule has 5 nitrogen and oxygen atoms in total. The van der Waals surface area contributed by atoms with Crippen LogP contribution in [0.3, 0.4) is 0 Å². The zero-order chi connectivity index (χ0) is 22.2. The predicted octanol–water partition coefficient (Wildman–Crippen LogP) is 4.76. The number of ether oxygens (including phenoxy) is 1. The van der Waals surface area contributed by atoms with Crippen LogP contribution in [-0.2, 0) is 22.6 Å². The Morgan fingerprint density at radius 2 is 1.65 bits per heavy atom. The van der Waals surface area contributed by atoms with Crippen LogP contribution in [0.2, 0.25) is 5.02 Å². The Morgan fingerprint density at radius 3 is 2.26 bits per heavy atom. The summed E-state index contributed by atoms with van der Waals surface area (Å²) >= 11 is 6.01. The minimum Gasteiger partial charge on any atom is -0.497 e. The summed E-state index contributed by atoms with van der Waals surface area (Å²) in [6, 6.07) is 14.5. The van der Waals surface area contributed by atoms with E-state index in [1.165, 1.54) is 6.42 Å². The van der Waals surface area contributed by atoms with Crippen LogP contribution in [0, 0.1) is 0 Å². The van der Waals surface area contributed by atoms with Gasteiger partial charge in [-0.05, 0) is 55.2 Å². The van der Waals surface area contributed by atoms with Gasteiger partial charge in [0, 0.05) is 17.6 Å². The van der Waals surface area contributed by atoms with Crippen molar-refractivity contribution in [3.8, 4) is 5.75 Å². The maximum Gasteiger partial charge on any atom is 0.242 e. The fourth-order valence-electron chi connectivity index (χ4n) is 3.96. The summed E-state index contributed by atoms with van der Waals surface area (Å²) < 4.78 is 5.19. The van der Waals surface area contributed by atoms with E-state index in [0.717, 1.165) is 42.6 Å². The lowest BCUT2D eigenvalue weighted by Gasteiger charge is -2.31. The van der Waals surface area contributed by atoms with Crippen molar-refractivity contribution in [1.82, 2.24) is 10.2 Å². The molecule has 1 fully saturated rings. The average molecular weight is 443 g/mol. The quantitative estimate of drug-likeness (QED) is 0.641. The molecule has 0 aromatic heterocycles. The molecular weight excluding hydrogens is 412 g/mol. The highest BCUT2D eigenvalue weighted by Crippen LogP contribution is 2.19. The van der Waals surface area contributed by atoms with Gasteiger partial charge in [-0.1, -0.05) is 55.1 Å². The number of halogens is 1. The minimum absolute atomic E-state index is 0.0913. The Balaban J connectivity index is 1.74. The number of rotatable bonds is 8. The number of benzene rings is 2. The van der Waals surface area contributed by atoms with Crippen LogP contribution in [0.5, 0.6) is 5.75 Å². The monoisotopic (exact) mass is 442 g/mol. The van der Waals surface area contributed by atoms with Crippen molar-refractivity contribution >= 4 is 23.4 Å². The first-order valence-electron chi connectivity index (χ1n) is 10.9. The van der Waals surface area contributed by atoms with Crippen LogP contribution in [0.25, 0.3) is 0 Å². The number of nitrogens with zero attached hydrogens (tertiary/aromatic N) is 1. The maximum absolute atomic E-state index is 13.3. The normalized spacial score (nSPS) is 15.2. The summed E-state index contributed by atoms with van der Waals surface area (Å²) in [4.78, 5) is 27.9. The highest BCUT2D eigenvalue weighted by atomic mass is 35.5. The standard InChI is InChI=1S/C25H31ClN2O3/c1-18(25(30)27-22-6-4-3-5-7-22)28(17-20-8-12-21(26)13-9-20)24(29)16-19-10-14-23(31-2)15-11-19/h8-15,18,22H,3-7,16-17H2,1-2H3,(H,27,30)/t18-/m0/s1. The molecule has 166 valence electrons. The third kappa shape index (κ3) is 6.73. The number of carbonyl (C=O) groups excluding carboxylic acids is 2. The number of methoxy groups -OCH3 is 1. The van der Waals surface area contributed by atoms with Crippen LogP contribution in [0.15, 0.2) is 48.5 Å². The fourth-order valence-corrected chi connectivity index (χ4v) is 4.08. The molecule has 3 rings (SSSR count). The summed E-state index contributed by atoms with van der Waals surface area (Å²) in [6.07, 6.45) is 5.75. The molecule has 0 bridgehead atoms. The summed E-state index contributed by atoms with van der Waals surface area (Å²) in [7, 11) is 1.61. The first-order valence-corrected chi connectivity index (χ1v) is 11.3. The minimum atomic E-state index is -0.566. The number of hydrogen-bond donors (Lipinski definition) is 1. The third-order valence-electron chi connectivity index (χ3n) is 5.90. The molecule has 0 spiro atoms. The summed E-state index contributed by atoms with van der Waals surface area (Å²) in [6.45, 7) is 2.16. The molecule has 1 N–H and O–H groups in total. The summed E-state index contributed by atoms with van der Waals surface area (Å²) in [5.74, 6) is 0.560. The van der Waals surface area contributed by atoms with Crippen molar-refractivity contribution in [2.24, 2.45) is 0 Å². The van der Waals surface area contributed by atoms with Crippen molar-refractivity contribution in [2.45, 2.75) is 64.1 Å². The van der Waals surface area contributed by atoms with Gasteiger partial charge in [0.25, 0.3) is 0 Å². The lowest BCUT2D eigenvalue weighted by molar-refractivity contribution is -0.140. The maximum atomic E-state index is 13.3. The van der Waals surface area contributed by atoms with Gasteiger partial charge in [-0.25, -0.2) is 0 Å². The molecule has 0 aliphatic heterocycles. The van der Waals surface area contributed by atoms with Crippen LogP contribution >= 0.6 is 11.6 Å². The van der Waals surface area contributed by atoms with Crippen molar-refractivity contribution in [1.29, 1.82) is 0 Å². The van der Waals surface area contributed by atoms with Gasteiger partial charge >= 0.3 is 0 Å². The second-order valence-electron chi connectivity index (χ2n) is 8.19. The highest BCUT2D eigenvalue weighted by Gasteiger charge is 2.28. The zero-order valence-corrected chi connectivity index (χ0v) is 19.0. The number of nitrogens with one attached hydrogen (secondary N) is 1. The second kappa shape index (κ2) is 11.2. The molecule has 1 atom stereocenters. The van der Waals surface area contributed by atoms with Crippen LogP contribution in [-0.4, -0.2) is 35.9 Å². The lowest BCUT2D eigenvalue weighted by Crippen LogP contribution is -2.50. The Labute approximate surface area is 189 Å². The smallest absolute Gasteiger partial charge is 0.242 e. The van der Waals surface area contributed by atoms with Crippen LogP contribution in [0.1, 0.15) is 50.2 Å². The molecule has 6 heteroatoms.